The maximum Gasteiger partial charge on any atom is 0.254 e. The van der Waals surface area contributed by atoms with E-state index in [0.29, 0.717) is 36.5 Å². The van der Waals surface area contributed by atoms with Gasteiger partial charge in [0.05, 0.1) is 4.90 Å². The molecule has 2 heterocycles. The number of piperidine rings is 2. The second-order valence-electron chi connectivity index (χ2n) is 8.35. The van der Waals surface area contributed by atoms with Crippen LogP contribution in [0.4, 0.5) is 0 Å². The van der Waals surface area contributed by atoms with Crippen molar-refractivity contribution in [2.45, 2.75) is 63.8 Å². The van der Waals surface area contributed by atoms with Crippen LogP contribution in [0.15, 0.2) is 29.2 Å². The molecule has 0 aliphatic carbocycles. The third-order valence-electron chi connectivity index (χ3n) is 5.93. The van der Waals surface area contributed by atoms with E-state index in [1.165, 1.54) is 6.42 Å². The lowest BCUT2D eigenvalue weighted by Crippen LogP contribution is -2.43. The molecule has 6 heteroatoms. The van der Waals surface area contributed by atoms with Gasteiger partial charge in [-0.25, -0.2) is 8.42 Å². The van der Waals surface area contributed by atoms with Crippen molar-refractivity contribution in [2.24, 2.45) is 11.8 Å². The van der Waals surface area contributed by atoms with Crippen LogP contribution in [0.5, 0.6) is 0 Å². The van der Waals surface area contributed by atoms with E-state index in [1.54, 1.807) is 28.6 Å². The highest BCUT2D eigenvalue weighted by Gasteiger charge is 2.32. The Kier molecular flexibility index (Phi) is 6.26. The van der Waals surface area contributed by atoms with Gasteiger partial charge in [0.25, 0.3) is 5.91 Å². The second kappa shape index (κ2) is 8.31. The molecule has 0 aromatic heterocycles. The molecule has 2 saturated heterocycles. The Hall–Kier alpha value is -1.40. The van der Waals surface area contributed by atoms with Gasteiger partial charge >= 0.3 is 0 Å². The Balaban J connectivity index is 1.77. The maximum absolute atomic E-state index is 13.0. The summed E-state index contributed by atoms with van der Waals surface area (Å²) < 4.78 is 27.6. The molecule has 1 amide bonds. The highest BCUT2D eigenvalue weighted by Crippen LogP contribution is 2.27. The Bertz CT molecular complexity index is 750. The molecule has 3 atom stereocenters. The van der Waals surface area contributed by atoms with Gasteiger partial charge in [-0.1, -0.05) is 20.8 Å². The largest absolute Gasteiger partial charge is 0.336 e. The van der Waals surface area contributed by atoms with E-state index in [4.69, 9.17) is 0 Å². The van der Waals surface area contributed by atoms with Crippen LogP contribution < -0.4 is 0 Å². The van der Waals surface area contributed by atoms with Crippen molar-refractivity contribution in [2.75, 3.05) is 19.6 Å². The van der Waals surface area contributed by atoms with Crippen molar-refractivity contribution in [3.63, 3.8) is 0 Å². The lowest BCUT2D eigenvalue weighted by Gasteiger charge is -2.35. The molecule has 1 aromatic carbocycles. The van der Waals surface area contributed by atoms with Gasteiger partial charge < -0.3 is 4.90 Å². The average molecular weight is 393 g/mol. The monoisotopic (exact) mass is 392 g/mol. The normalized spacial score (nSPS) is 27.5. The minimum Gasteiger partial charge on any atom is -0.336 e. The van der Waals surface area contributed by atoms with Gasteiger partial charge in [0, 0.05) is 31.2 Å². The molecule has 0 saturated carbocycles. The molecule has 0 spiro atoms. The number of likely N-dealkylation sites (tertiary alicyclic amines) is 1. The van der Waals surface area contributed by atoms with Crippen LogP contribution >= 0.6 is 0 Å². The number of benzene rings is 1. The van der Waals surface area contributed by atoms with E-state index in [-0.39, 0.29) is 10.8 Å². The van der Waals surface area contributed by atoms with Crippen molar-refractivity contribution < 1.29 is 13.2 Å². The van der Waals surface area contributed by atoms with Gasteiger partial charge in [0.1, 0.15) is 0 Å². The summed E-state index contributed by atoms with van der Waals surface area (Å²) in [5.41, 5.74) is 0.578. The first kappa shape index (κ1) is 20.3. The molecule has 150 valence electrons. The van der Waals surface area contributed by atoms with Crippen molar-refractivity contribution >= 4 is 15.9 Å². The fourth-order valence-electron chi connectivity index (χ4n) is 4.58. The topological polar surface area (TPSA) is 57.7 Å². The molecule has 3 unspecified atom stereocenters. The number of nitrogens with zero attached hydrogens (tertiary/aromatic N) is 2. The first-order valence-corrected chi connectivity index (χ1v) is 11.7. The Morgan fingerprint density at radius 1 is 1.07 bits per heavy atom. The first-order chi connectivity index (χ1) is 12.8. The van der Waals surface area contributed by atoms with Gasteiger partial charge in [0.15, 0.2) is 0 Å². The second-order valence-corrected chi connectivity index (χ2v) is 10.3. The lowest BCUT2D eigenvalue weighted by atomic mass is 9.94. The Morgan fingerprint density at radius 2 is 1.70 bits per heavy atom. The number of hydrogen-bond acceptors (Lipinski definition) is 3. The molecule has 2 fully saturated rings. The summed E-state index contributed by atoms with van der Waals surface area (Å²) in [6.07, 6.45) is 5.30. The summed E-state index contributed by atoms with van der Waals surface area (Å²) >= 11 is 0. The highest BCUT2D eigenvalue weighted by atomic mass is 32.2. The summed E-state index contributed by atoms with van der Waals surface area (Å²) in [5, 5.41) is 0. The smallest absolute Gasteiger partial charge is 0.254 e. The van der Waals surface area contributed by atoms with Gasteiger partial charge in [-0.05, 0) is 68.2 Å². The zero-order valence-corrected chi connectivity index (χ0v) is 17.5. The van der Waals surface area contributed by atoms with Crippen LogP contribution in [0.2, 0.25) is 0 Å². The number of carbonyl (C=O) groups excluding carboxylic acids is 1. The molecule has 2 aliphatic heterocycles. The van der Waals surface area contributed by atoms with Crippen molar-refractivity contribution in [3.05, 3.63) is 29.8 Å². The standard InChI is InChI=1S/C21H32N2O3S/c1-4-19-7-5-6-12-23(19)21(24)18-8-10-20(11-9-18)27(25,26)22-14-16(2)13-17(3)15-22/h8-11,16-17,19H,4-7,12-15H2,1-3H3. The quantitative estimate of drug-likeness (QED) is 0.784. The summed E-state index contributed by atoms with van der Waals surface area (Å²) in [6, 6.07) is 6.83. The number of carbonyl (C=O) groups is 1. The molecule has 0 N–H and O–H groups in total. The highest BCUT2D eigenvalue weighted by molar-refractivity contribution is 7.89. The van der Waals surface area contributed by atoms with Crippen LogP contribution in [0.25, 0.3) is 0 Å². The molecule has 1 aromatic rings. The fraction of sp³-hybridized carbons (Fsp3) is 0.667. The van der Waals surface area contributed by atoms with E-state index < -0.39 is 10.0 Å². The van der Waals surface area contributed by atoms with Crippen LogP contribution in [-0.2, 0) is 10.0 Å². The van der Waals surface area contributed by atoms with Crippen molar-refractivity contribution in [1.29, 1.82) is 0 Å². The van der Waals surface area contributed by atoms with Gasteiger partial charge in [0.2, 0.25) is 10.0 Å². The van der Waals surface area contributed by atoms with E-state index in [1.807, 2.05) is 4.90 Å². The molecular formula is C21H32N2O3S. The summed E-state index contributed by atoms with van der Waals surface area (Å²) in [4.78, 5) is 15.1. The molecule has 2 aliphatic rings. The van der Waals surface area contributed by atoms with Gasteiger partial charge in [-0.15, -0.1) is 0 Å². The number of rotatable bonds is 4. The fourth-order valence-corrected chi connectivity index (χ4v) is 6.26. The zero-order chi connectivity index (χ0) is 19.6. The SMILES string of the molecule is CCC1CCCCN1C(=O)c1ccc(S(=O)(=O)N2CC(C)CC(C)C2)cc1. The average Bonchev–Trinajstić information content (AvgIpc) is 2.66. The number of amides is 1. The third kappa shape index (κ3) is 4.37. The van der Waals surface area contributed by atoms with Crippen molar-refractivity contribution in [3.8, 4) is 0 Å². The van der Waals surface area contributed by atoms with E-state index in [0.717, 1.165) is 32.2 Å². The van der Waals surface area contributed by atoms with Gasteiger partial charge in [-0.3, -0.25) is 4.79 Å². The third-order valence-corrected chi connectivity index (χ3v) is 7.78. The summed E-state index contributed by atoms with van der Waals surface area (Å²) in [6.45, 7) is 8.25. The molecule has 0 bridgehead atoms. The minimum atomic E-state index is -3.50. The van der Waals surface area contributed by atoms with Gasteiger partial charge in [-0.2, -0.15) is 4.31 Å². The predicted octanol–water partition coefficient (Wildman–Crippen LogP) is 3.76. The van der Waals surface area contributed by atoms with Crippen LogP contribution in [-0.4, -0.2) is 49.2 Å². The number of sulfonamides is 1. The van der Waals surface area contributed by atoms with Crippen LogP contribution in [0.3, 0.4) is 0 Å². The number of hydrogen-bond donors (Lipinski definition) is 0. The molecular weight excluding hydrogens is 360 g/mol. The van der Waals surface area contributed by atoms with Crippen molar-refractivity contribution in [1.82, 2.24) is 9.21 Å². The molecule has 0 radical (unpaired) electrons. The maximum atomic E-state index is 13.0. The summed E-state index contributed by atoms with van der Waals surface area (Å²) in [5.74, 6) is 0.759. The lowest BCUT2D eigenvalue weighted by molar-refractivity contribution is 0.0608. The molecule has 5 nitrogen and oxygen atoms in total. The summed E-state index contributed by atoms with van der Waals surface area (Å²) in [7, 11) is -3.50. The molecule has 27 heavy (non-hydrogen) atoms. The minimum absolute atomic E-state index is 0.0192. The predicted molar refractivity (Wildman–Crippen MR) is 107 cm³/mol. The Labute approximate surface area is 163 Å². The zero-order valence-electron chi connectivity index (χ0n) is 16.7. The Morgan fingerprint density at radius 3 is 2.30 bits per heavy atom. The molecule has 3 rings (SSSR count). The van der Waals surface area contributed by atoms with E-state index in [9.17, 15) is 13.2 Å². The first-order valence-electron chi connectivity index (χ1n) is 10.2. The van der Waals surface area contributed by atoms with Crippen LogP contribution in [0, 0.1) is 11.8 Å². The van der Waals surface area contributed by atoms with Crippen LogP contribution in [0.1, 0.15) is 63.2 Å². The van der Waals surface area contributed by atoms with E-state index >= 15 is 0 Å². The van der Waals surface area contributed by atoms with E-state index in [2.05, 4.69) is 20.8 Å².